The number of fused-ring (bicyclic) bond motifs is 3. The summed E-state index contributed by atoms with van der Waals surface area (Å²) in [5.41, 5.74) is 2.39. The van der Waals surface area contributed by atoms with Crippen LogP contribution < -0.4 is 0 Å². The molecule has 2 aliphatic heterocycles. The van der Waals surface area contributed by atoms with Crippen LogP contribution >= 0.6 is 0 Å². The van der Waals surface area contributed by atoms with Gasteiger partial charge in [0.25, 0.3) is 0 Å². The smallest absolute Gasteiger partial charge is 0.342 e. The Morgan fingerprint density at radius 3 is 2.66 bits per heavy atom. The lowest BCUT2D eigenvalue weighted by atomic mass is 9.82. The molecular formula is C22H28N4O3. The number of nitrogens with one attached hydrogen (secondary N) is 1. The molecule has 2 aromatic rings. The van der Waals surface area contributed by atoms with Crippen molar-refractivity contribution in [2.75, 3.05) is 19.6 Å². The topological polar surface area (TPSA) is 78.5 Å². The SMILES string of the molecule is CC(C)OC(=O)C1=CN(C(=O)N2CCCC2)CC(C)(C)c2c1[nH]c1ncccc21. The first kappa shape index (κ1) is 19.5. The number of H-pyrrole nitrogens is 1. The van der Waals surface area contributed by atoms with Crippen LogP contribution in [0.2, 0.25) is 0 Å². The minimum Gasteiger partial charge on any atom is -0.459 e. The molecule has 7 nitrogen and oxygen atoms in total. The Kier molecular flexibility index (Phi) is 4.84. The number of urea groups is 1. The first-order valence-corrected chi connectivity index (χ1v) is 10.2. The summed E-state index contributed by atoms with van der Waals surface area (Å²) in [6.07, 6.45) is 5.17. The lowest BCUT2D eigenvalue weighted by Gasteiger charge is -2.32. The molecule has 0 bridgehead atoms. The number of aromatic nitrogens is 2. The maximum atomic E-state index is 13.2. The molecule has 1 saturated heterocycles. The number of hydrogen-bond donors (Lipinski definition) is 1. The second-order valence-electron chi connectivity index (χ2n) is 8.76. The van der Waals surface area contributed by atoms with E-state index in [2.05, 4.69) is 23.8 Å². The Bertz CT molecular complexity index is 983. The van der Waals surface area contributed by atoms with Gasteiger partial charge in [0, 0.05) is 42.8 Å². The molecule has 4 heterocycles. The minimum absolute atomic E-state index is 0.0574. The normalized spacial score (nSPS) is 18.6. The number of carbonyl (C=O) groups is 2. The van der Waals surface area contributed by atoms with Crippen molar-refractivity contribution < 1.29 is 14.3 Å². The fourth-order valence-electron chi connectivity index (χ4n) is 4.34. The average Bonchev–Trinajstić information content (AvgIpc) is 3.29. The van der Waals surface area contributed by atoms with Crippen LogP contribution in [0, 0.1) is 0 Å². The van der Waals surface area contributed by atoms with Crippen LogP contribution in [0.25, 0.3) is 16.6 Å². The Labute approximate surface area is 170 Å². The lowest BCUT2D eigenvalue weighted by Crippen LogP contribution is -2.43. The molecule has 0 saturated carbocycles. The fourth-order valence-corrected chi connectivity index (χ4v) is 4.34. The summed E-state index contributed by atoms with van der Waals surface area (Å²) in [7, 11) is 0. The third kappa shape index (κ3) is 3.50. The van der Waals surface area contributed by atoms with Gasteiger partial charge in [-0.25, -0.2) is 14.6 Å². The van der Waals surface area contributed by atoms with Gasteiger partial charge in [0.1, 0.15) is 5.65 Å². The number of rotatable bonds is 2. The number of esters is 1. The van der Waals surface area contributed by atoms with Crippen LogP contribution in [0.1, 0.15) is 51.8 Å². The maximum absolute atomic E-state index is 13.2. The van der Waals surface area contributed by atoms with Gasteiger partial charge in [0.15, 0.2) is 0 Å². The molecule has 0 radical (unpaired) electrons. The summed E-state index contributed by atoms with van der Waals surface area (Å²) >= 11 is 0. The summed E-state index contributed by atoms with van der Waals surface area (Å²) < 4.78 is 5.52. The Balaban J connectivity index is 1.86. The zero-order valence-electron chi connectivity index (χ0n) is 17.5. The van der Waals surface area contributed by atoms with Crippen LogP contribution in [0.15, 0.2) is 24.5 Å². The van der Waals surface area contributed by atoms with Gasteiger partial charge in [0.05, 0.1) is 17.4 Å². The van der Waals surface area contributed by atoms with E-state index in [1.54, 1.807) is 17.3 Å². The number of pyridine rings is 1. The molecule has 29 heavy (non-hydrogen) atoms. The van der Waals surface area contributed by atoms with E-state index in [-0.39, 0.29) is 17.6 Å². The molecule has 2 aliphatic rings. The number of hydrogen-bond acceptors (Lipinski definition) is 4. The number of ether oxygens (including phenoxy) is 1. The molecule has 154 valence electrons. The van der Waals surface area contributed by atoms with Gasteiger partial charge >= 0.3 is 12.0 Å². The second kappa shape index (κ2) is 7.21. The summed E-state index contributed by atoms with van der Waals surface area (Å²) in [6.45, 7) is 9.82. The third-order valence-electron chi connectivity index (χ3n) is 5.55. The van der Waals surface area contributed by atoms with Crippen LogP contribution in [0.5, 0.6) is 0 Å². The van der Waals surface area contributed by atoms with Crippen molar-refractivity contribution >= 4 is 28.6 Å². The van der Waals surface area contributed by atoms with Gasteiger partial charge in [-0.2, -0.15) is 0 Å². The van der Waals surface area contributed by atoms with Gasteiger partial charge < -0.3 is 14.6 Å². The van der Waals surface area contributed by atoms with Crippen molar-refractivity contribution in [3.63, 3.8) is 0 Å². The number of aromatic amines is 1. The Morgan fingerprint density at radius 2 is 1.97 bits per heavy atom. The van der Waals surface area contributed by atoms with Gasteiger partial charge in [-0.05, 0) is 44.4 Å². The number of carbonyl (C=O) groups excluding carboxylic acids is 2. The van der Waals surface area contributed by atoms with E-state index in [4.69, 9.17) is 4.74 Å². The van der Waals surface area contributed by atoms with E-state index in [9.17, 15) is 9.59 Å². The quantitative estimate of drug-likeness (QED) is 0.786. The predicted molar refractivity (Wildman–Crippen MR) is 111 cm³/mol. The molecule has 0 spiro atoms. The molecule has 2 amide bonds. The molecule has 0 unspecified atom stereocenters. The number of likely N-dealkylation sites (tertiary alicyclic amines) is 1. The van der Waals surface area contributed by atoms with Crippen molar-refractivity contribution in [1.82, 2.24) is 19.8 Å². The highest BCUT2D eigenvalue weighted by molar-refractivity contribution is 6.18. The highest BCUT2D eigenvalue weighted by Crippen LogP contribution is 2.40. The van der Waals surface area contributed by atoms with Gasteiger partial charge in [-0.1, -0.05) is 13.8 Å². The first-order valence-electron chi connectivity index (χ1n) is 10.2. The Hall–Kier alpha value is -2.83. The van der Waals surface area contributed by atoms with Crippen molar-refractivity contribution in [3.05, 3.63) is 35.8 Å². The van der Waals surface area contributed by atoms with Crippen molar-refractivity contribution in [2.24, 2.45) is 0 Å². The fraction of sp³-hybridized carbons (Fsp3) is 0.500. The standard InChI is InChI=1S/C22H28N4O3/c1-14(2)29-20(27)16-12-26(21(28)25-10-5-6-11-25)13-22(3,4)17-15-8-7-9-23-19(15)24-18(16)17/h7-9,12,14H,5-6,10-11,13H2,1-4H3,(H,23,24). The van der Waals surface area contributed by atoms with E-state index in [0.29, 0.717) is 17.8 Å². The van der Waals surface area contributed by atoms with Crippen molar-refractivity contribution in [3.8, 4) is 0 Å². The Morgan fingerprint density at radius 1 is 1.24 bits per heavy atom. The largest absolute Gasteiger partial charge is 0.459 e. The zero-order valence-corrected chi connectivity index (χ0v) is 17.5. The second-order valence-corrected chi connectivity index (χ2v) is 8.76. The first-order chi connectivity index (χ1) is 13.8. The van der Waals surface area contributed by atoms with E-state index in [1.807, 2.05) is 30.9 Å². The zero-order chi connectivity index (χ0) is 20.8. The van der Waals surface area contributed by atoms with Crippen LogP contribution in [-0.4, -0.2) is 57.5 Å². The molecule has 7 heteroatoms. The molecule has 4 rings (SSSR count). The predicted octanol–water partition coefficient (Wildman–Crippen LogP) is 3.66. The van der Waals surface area contributed by atoms with E-state index in [1.165, 1.54) is 0 Å². The van der Waals surface area contributed by atoms with Gasteiger partial charge in [-0.15, -0.1) is 0 Å². The van der Waals surface area contributed by atoms with Crippen molar-refractivity contribution in [2.45, 2.75) is 52.1 Å². The number of nitrogens with zero attached hydrogens (tertiary/aromatic N) is 3. The maximum Gasteiger partial charge on any atom is 0.342 e. The van der Waals surface area contributed by atoms with E-state index in [0.717, 1.165) is 42.5 Å². The molecule has 0 aromatic carbocycles. The van der Waals surface area contributed by atoms with Crippen molar-refractivity contribution in [1.29, 1.82) is 0 Å². The molecule has 0 atom stereocenters. The monoisotopic (exact) mass is 396 g/mol. The summed E-state index contributed by atoms with van der Waals surface area (Å²) in [4.78, 5) is 37.5. The minimum atomic E-state index is -0.440. The van der Waals surface area contributed by atoms with E-state index >= 15 is 0 Å². The molecule has 1 N–H and O–H groups in total. The lowest BCUT2D eigenvalue weighted by molar-refractivity contribution is -0.140. The highest BCUT2D eigenvalue weighted by Gasteiger charge is 2.38. The summed E-state index contributed by atoms with van der Waals surface area (Å²) in [5, 5.41) is 0.964. The molecule has 2 aromatic heterocycles. The summed E-state index contributed by atoms with van der Waals surface area (Å²) in [6, 6.07) is 3.83. The van der Waals surface area contributed by atoms with Crippen LogP contribution in [0.4, 0.5) is 4.79 Å². The number of amides is 2. The van der Waals surface area contributed by atoms with Crippen LogP contribution in [-0.2, 0) is 14.9 Å². The summed E-state index contributed by atoms with van der Waals surface area (Å²) in [5.74, 6) is -0.440. The van der Waals surface area contributed by atoms with Crippen LogP contribution in [0.3, 0.4) is 0 Å². The van der Waals surface area contributed by atoms with Gasteiger partial charge in [-0.3, -0.25) is 4.90 Å². The molecular weight excluding hydrogens is 368 g/mol. The third-order valence-corrected chi connectivity index (χ3v) is 5.55. The highest BCUT2D eigenvalue weighted by atomic mass is 16.5. The average molecular weight is 396 g/mol. The van der Waals surface area contributed by atoms with E-state index < -0.39 is 5.97 Å². The molecule has 0 aliphatic carbocycles. The van der Waals surface area contributed by atoms with Gasteiger partial charge in [0.2, 0.25) is 0 Å². The molecule has 1 fully saturated rings.